The van der Waals surface area contributed by atoms with E-state index in [4.69, 9.17) is 21.4 Å². The maximum Gasteiger partial charge on any atom is 0.307 e. The highest BCUT2D eigenvalue weighted by molar-refractivity contribution is 7.19. The topological polar surface area (TPSA) is 84.3 Å². The van der Waals surface area contributed by atoms with Crippen molar-refractivity contribution in [1.82, 2.24) is 9.97 Å². The van der Waals surface area contributed by atoms with Crippen LogP contribution in [0, 0.1) is 13.8 Å². The van der Waals surface area contributed by atoms with Gasteiger partial charge in [-0.2, -0.15) is 0 Å². The second-order valence-electron chi connectivity index (χ2n) is 8.00. The highest BCUT2D eigenvalue weighted by Gasteiger charge is 2.14. The summed E-state index contributed by atoms with van der Waals surface area (Å²) in [5.41, 5.74) is 4.72. The summed E-state index contributed by atoms with van der Waals surface area (Å²) < 4.78 is 6.92. The molecule has 0 aliphatic heterocycles. The van der Waals surface area contributed by atoms with Crippen LogP contribution in [0.4, 0.5) is 5.82 Å². The van der Waals surface area contributed by atoms with E-state index >= 15 is 0 Å². The normalized spacial score (nSPS) is 11.1. The standard InChI is InChI=1S/C26H26ClN3O3S/c1-4-33-22-11-17(6-7-18(22)12-24(31)32)21-13-23(30-14-29-21)28-10-9-19-16(3)34-26-15(2)5-8-20(27)25(19)26/h5-8,11,13-14H,4,9-10,12H2,1-3H3,(H,31,32)(H,28,29,30). The van der Waals surface area contributed by atoms with Crippen LogP contribution >= 0.6 is 22.9 Å². The fourth-order valence-corrected chi connectivity index (χ4v) is 5.53. The average molecular weight is 496 g/mol. The molecule has 34 heavy (non-hydrogen) atoms. The quantitative estimate of drug-likeness (QED) is 0.283. The molecule has 0 radical (unpaired) electrons. The molecule has 0 unspecified atom stereocenters. The molecule has 4 rings (SSSR count). The molecular weight excluding hydrogens is 470 g/mol. The number of carboxylic acids is 1. The number of carbonyl (C=O) groups is 1. The minimum atomic E-state index is -0.896. The summed E-state index contributed by atoms with van der Waals surface area (Å²) in [7, 11) is 0. The maximum atomic E-state index is 11.1. The second-order valence-corrected chi connectivity index (χ2v) is 9.63. The van der Waals surface area contributed by atoms with E-state index in [-0.39, 0.29) is 6.42 Å². The van der Waals surface area contributed by atoms with Crippen molar-refractivity contribution >= 4 is 44.8 Å². The van der Waals surface area contributed by atoms with Gasteiger partial charge in [0.25, 0.3) is 0 Å². The molecular formula is C26H26ClN3O3S. The molecule has 0 amide bonds. The molecule has 0 aliphatic rings. The third-order valence-corrected chi connectivity index (χ3v) is 7.24. The number of ether oxygens (including phenoxy) is 1. The van der Waals surface area contributed by atoms with E-state index in [2.05, 4.69) is 35.2 Å². The Bertz CT molecular complexity index is 1350. The molecule has 2 aromatic heterocycles. The first-order valence-corrected chi connectivity index (χ1v) is 12.3. The van der Waals surface area contributed by atoms with Crippen molar-refractivity contribution in [2.45, 2.75) is 33.6 Å². The van der Waals surface area contributed by atoms with E-state index in [0.29, 0.717) is 24.5 Å². The molecule has 176 valence electrons. The Morgan fingerprint density at radius 2 is 2.00 bits per heavy atom. The van der Waals surface area contributed by atoms with Crippen LogP contribution < -0.4 is 10.1 Å². The second kappa shape index (κ2) is 10.4. The lowest BCUT2D eigenvalue weighted by atomic mass is 10.0. The SMILES string of the molecule is CCOc1cc(-c2cc(NCCc3c(C)sc4c(C)ccc(Cl)c34)ncn2)ccc1CC(=O)O. The zero-order valence-corrected chi connectivity index (χ0v) is 20.9. The summed E-state index contributed by atoms with van der Waals surface area (Å²) in [6.45, 7) is 7.28. The molecule has 4 aromatic rings. The fourth-order valence-electron chi connectivity index (χ4n) is 4.01. The van der Waals surface area contributed by atoms with Crippen molar-refractivity contribution in [2.24, 2.45) is 0 Å². The summed E-state index contributed by atoms with van der Waals surface area (Å²) in [5, 5.41) is 14.5. The minimum absolute atomic E-state index is 0.0909. The van der Waals surface area contributed by atoms with E-state index in [0.717, 1.165) is 33.9 Å². The minimum Gasteiger partial charge on any atom is -0.494 e. The van der Waals surface area contributed by atoms with E-state index in [1.54, 1.807) is 17.4 Å². The first-order chi connectivity index (χ1) is 16.4. The van der Waals surface area contributed by atoms with E-state index in [1.807, 2.05) is 31.2 Å². The average Bonchev–Trinajstić information content (AvgIpc) is 3.15. The molecule has 0 saturated heterocycles. The Morgan fingerprint density at radius 3 is 2.76 bits per heavy atom. The van der Waals surface area contributed by atoms with Crippen molar-refractivity contribution in [1.29, 1.82) is 0 Å². The van der Waals surface area contributed by atoms with Crippen molar-refractivity contribution in [3.63, 3.8) is 0 Å². The van der Waals surface area contributed by atoms with Crippen LogP contribution in [0.5, 0.6) is 5.75 Å². The molecule has 0 atom stereocenters. The van der Waals surface area contributed by atoms with Gasteiger partial charge in [0.05, 0.1) is 18.7 Å². The van der Waals surface area contributed by atoms with Crippen molar-refractivity contribution in [2.75, 3.05) is 18.5 Å². The summed E-state index contributed by atoms with van der Waals surface area (Å²) in [6.07, 6.45) is 2.26. The maximum absolute atomic E-state index is 11.1. The van der Waals surface area contributed by atoms with Crippen LogP contribution in [0.25, 0.3) is 21.3 Å². The number of fused-ring (bicyclic) bond motifs is 1. The molecule has 0 saturated carbocycles. The number of rotatable bonds is 9. The smallest absolute Gasteiger partial charge is 0.307 e. The molecule has 8 heteroatoms. The van der Waals surface area contributed by atoms with Gasteiger partial charge in [0.1, 0.15) is 17.9 Å². The Kier molecular flexibility index (Phi) is 7.34. The third-order valence-electron chi connectivity index (χ3n) is 5.64. The molecule has 0 fully saturated rings. The van der Waals surface area contributed by atoms with Crippen molar-refractivity contribution in [3.05, 3.63) is 69.3 Å². The predicted molar refractivity (Wildman–Crippen MR) is 138 cm³/mol. The molecule has 0 spiro atoms. The summed E-state index contributed by atoms with van der Waals surface area (Å²) in [6, 6.07) is 11.4. The number of carboxylic acid groups (broad SMARTS) is 1. The van der Waals surface area contributed by atoms with Gasteiger partial charge in [-0.15, -0.1) is 11.3 Å². The van der Waals surface area contributed by atoms with E-state index in [1.165, 1.54) is 27.0 Å². The number of nitrogens with zero attached hydrogens (tertiary/aromatic N) is 2. The lowest BCUT2D eigenvalue weighted by molar-refractivity contribution is -0.136. The van der Waals surface area contributed by atoms with Gasteiger partial charge in [0.2, 0.25) is 0 Å². The number of hydrogen-bond donors (Lipinski definition) is 2. The van der Waals surface area contributed by atoms with Gasteiger partial charge in [-0.3, -0.25) is 4.79 Å². The number of aryl methyl sites for hydroxylation is 2. The summed E-state index contributed by atoms with van der Waals surface area (Å²) in [4.78, 5) is 21.2. The van der Waals surface area contributed by atoms with E-state index < -0.39 is 5.97 Å². The number of benzene rings is 2. The van der Waals surface area contributed by atoms with Crippen molar-refractivity contribution in [3.8, 4) is 17.0 Å². The zero-order valence-electron chi connectivity index (χ0n) is 19.3. The van der Waals surface area contributed by atoms with Crippen LogP contribution in [0.1, 0.15) is 28.5 Å². The van der Waals surface area contributed by atoms with Gasteiger partial charge in [-0.05, 0) is 50.5 Å². The number of nitrogens with one attached hydrogen (secondary N) is 1. The molecule has 0 bridgehead atoms. The van der Waals surface area contributed by atoms with Gasteiger partial charge in [0.15, 0.2) is 0 Å². The Hall–Kier alpha value is -3.16. The molecule has 2 N–H and O–H groups in total. The Morgan fingerprint density at radius 1 is 1.18 bits per heavy atom. The first-order valence-electron chi connectivity index (χ1n) is 11.1. The van der Waals surface area contributed by atoms with Crippen LogP contribution in [-0.2, 0) is 17.6 Å². The number of thiophene rings is 1. The third kappa shape index (κ3) is 5.16. The zero-order chi connectivity index (χ0) is 24.2. The predicted octanol–water partition coefficient (Wildman–Crippen LogP) is 6.31. The van der Waals surface area contributed by atoms with Crippen LogP contribution in [0.15, 0.2) is 42.7 Å². The highest BCUT2D eigenvalue weighted by atomic mass is 35.5. The Labute approximate surface area is 207 Å². The molecule has 0 aliphatic carbocycles. The molecule has 2 heterocycles. The van der Waals surface area contributed by atoms with Gasteiger partial charge in [0, 0.05) is 43.7 Å². The number of hydrogen-bond acceptors (Lipinski definition) is 6. The van der Waals surface area contributed by atoms with E-state index in [9.17, 15) is 4.79 Å². The fraction of sp³-hybridized carbons (Fsp3) is 0.269. The highest BCUT2D eigenvalue weighted by Crippen LogP contribution is 2.38. The number of halogens is 1. The van der Waals surface area contributed by atoms with Gasteiger partial charge < -0.3 is 15.2 Å². The largest absolute Gasteiger partial charge is 0.494 e. The summed E-state index contributed by atoms with van der Waals surface area (Å²) >= 11 is 8.32. The van der Waals surface area contributed by atoms with Gasteiger partial charge in [-0.25, -0.2) is 9.97 Å². The molecule has 2 aromatic carbocycles. The lowest BCUT2D eigenvalue weighted by Crippen LogP contribution is -2.07. The lowest BCUT2D eigenvalue weighted by Gasteiger charge is -2.12. The van der Waals surface area contributed by atoms with Gasteiger partial charge >= 0.3 is 5.97 Å². The monoisotopic (exact) mass is 495 g/mol. The molecule has 6 nitrogen and oxygen atoms in total. The summed E-state index contributed by atoms with van der Waals surface area (Å²) in [5.74, 6) is 0.381. The van der Waals surface area contributed by atoms with Crippen LogP contribution in [0.2, 0.25) is 5.02 Å². The number of aromatic nitrogens is 2. The Balaban J connectivity index is 1.51. The number of aliphatic carboxylic acids is 1. The van der Waals surface area contributed by atoms with Crippen LogP contribution in [0.3, 0.4) is 0 Å². The van der Waals surface area contributed by atoms with Crippen molar-refractivity contribution < 1.29 is 14.6 Å². The first kappa shape index (κ1) is 24.0. The van der Waals surface area contributed by atoms with Crippen LogP contribution in [-0.4, -0.2) is 34.2 Å². The van der Waals surface area contributed by atoms with Gasteiger partial charge in [-0.1, -0.05) is 29.8 Å². The number of anilines is 1.